The minimum atomic E-state index is -1.83. The molecule has 0 aliphatic rings. The summed E-state index contributed by atoms with van der Waals surface area (Å²) in [6, 6.07) is 6.10. The first-order valence-electron chi connectivity index (χ1n) is 6.33. The summed E-state index contributed by atoms with van der Waals surface area (Å²) in [7, 11) is 1.56. The molecule has 0 saturated heterocycles. The van der Waals surface area contributed by atoms with Crippen LogP contribution in [0.25, 0.3) is 0 Å². The largest absolute Gasteiger partial charge is 0.397 e. The third-order valence-electron chi connectivity index (χ3n) is 2.84. The molecule has 1 atom stereocenters. The van der Waals surface area contributed by atoms with Crippen LogP contribution in [0.3, 0.4) is 0 Å². The summed E-state index contributed by atoms with van der Waals surface area (Å²) in [5.74, 6) is 0. The summed E-state index contributed by atoms with van der Waals surface area (Å²) in [5, 5.41) is 4.54. The predicted molar refractivity (Wildman–Crippen MR) is 78.6 cm³/mol. The van der Waals surface area contributed by atoms with Gasteiger partial charge in [0.1, 0.15) is 0 Å². The Hall–Kier alpha value is -0.883. The molecule has 0 saturated carbocycles. The minimum Gasteiger partial charge on any atom is -0.397 e. The molecule has 3 N–H and O–H groups in total. The van der Waals surface area contributed by atoms with Crippen molar-refractivity contribution in [1.82, 2.24) is 0 Å². The van der Waals surface area contributed by atoms with E-state index in [1.807, 2.05) is 13.0 Å². The van der Waals surface area contributed by atoms with E-state index in [0.29, 0.717) is 0 Å². The second-order valence-corrected chi connectivity index (χ2v) is 6.56. The molecule has 1 aromatic carbocycles. The summed E-state index contributed by atoms with van der Waals surface area (Å²) in [6.07, 6.45) is 1.08. The van der Waals surface area contributed by atoms with Gasteiger partial charge in [-0.1, -0.05) is 19.1 Å². The zero-order chi connectivity index (χ0) is 13.5. The van der Waals surface area contributed by atoms with Gasteiger partial charge in [0.25, 0.3) is 0 Å². The Morgan fingerprint density at radius 1 is 1.33 bits per heavy atom. The lowest BCUT2D eigenvalue weighted by Crippen LogP contribution is -2.39. The SMILES string of the molecule is CCCNc1cccc([SiH](OC)OC)c1C(C)N. The lowest BCUT2D eigenvalue weighted by atomic mass is 10.1. The van der Waals surface area contributed by atoms with Crippen molar-refractivity contribution in [3.05, 3.63) is 23.8 Å². The van der Waals surface area contributed by atoms with Crippen LogP contribution < -0.4 is 16.2 Å². The van der Waals surface area contributed by atoms with Crippen LogP contribution in [0.1, 0.15) is 31.9 Å². The van der Waals surface area contributed by atoms with Gasteiger partial charge < -0.3 is 19.9 Å². The van der Waals surface area contributed by atoms with Crippen LogP contribution in [0.5, 0.6) is 0 Å². The molecule has 0 heterocycles. The molecule has 0 spiro atoms. The first-order valence-corrected chi connectivity index (χ1v) is 7.85. The minimum absolute atomic E-state index is 0.0409. The standard InChI is InChI=1S/C13H24N2O2Si/c1-5-9-15-11-7-6-8-12(13(11)10(2)14)18(16-3)17-4/h6-8,10,15,18H,5,9,14H2,1-4H3. The fourth-order valence-corrected chi connectivity index (χ4v) is 3.70. The van der Waals surface area contributed by atoms with E-state index in [0.717, 1.165) is 29.4 Å². The monoisotopic (exact) mass is 268 g/mol. The summed E-state index contributed by atoms with van der Waals surface area (Å²) in [5.41, 5.74) is 8.32. The third kappa shape index (κ3) is 3.55. The molecule has 0 amide bonds. The number of nitrogens with one attached hydrogen (secondary N) is 1. The number of benzene rings is 1. The van der Waals surface area contributed by atoms with Crippen LogP contribution in [-0.2, 0) is 8.85 Å². The molecular formula is C13H24N2O2Si. The number of hydrogen-bond acceptors (Lipinski definition) is 4. The van der Waals surface area contributed by atoms with Crippen molar-refractivity contribution >= 4 is 20.2 Å². The Kier molecular flexibility index (Phi) is 6.35. The maximum atomic E-state index is 6.11. The van der Waals surface area contributed by atoms with E-state index < -0.39 is 9.28 Å². The van der Waals surface area contributed by atoms with E-state index in [4.69, 9.17) is 14.6 Å². The van der Waals surface area contributed by atoms with Gasteiger partial charge in [-0.05, 0) is 30.2 Å². The highest BCUT2D eigenvalue weighted by Crippen LogP contribution is 2.20. The van der Waals surface area contributed by atoms with Crippen LogP contribution in [0, 0.1) is 0 Å². The van der Waals surface area contributed by atoms with Gasteiger partial charge in [0.05, 0.1) is 0 Å². The Balaban J connectivity index is 3.16. The molecule has 18 heavy (non-hydrogen) atoms. The number of nitrogens with two attached hydrogens (primary N) is 1. The Bertz CT molecular complexity index is 368. The van der Waals surface area contributed by atoms with Gasteiger partial charge in [-0.3, -0.25) is 0 Å². The van der Waals surface area contributed by atoms with Gasteiger partial charge in [-0.15, -0.1) is 0 Å². The summed E-state index contributed by atoms with van der Waals surface area (Å²) < 4.78 is 10.9. The number of anilines is 1. The molecular weight excluding hydrogens is 244 g/mol. The summed E-state index contributed by atoms with van der Waals surface area (Å²) in [4.78, 5) is 0. The van der Waals surface area contributed by atoms with E-state index >= 15 is 0 Å². The van der Waals surface area contributed by atoms with Crippen molar-refractivity contribution in [1.29, 1.82) is 0 Å². The lowest BCUT2D eigenvalue weighted by molar-refractivity contribution is 0.291. The average molecular weight is 268 g/mol. The van der Waals surface area contributed by atoms with Crippen LogP contribution in [0.15, 0.2) is 18.2 Å². The second kappa shape index (κ2) is 7.53. The molecule has 102 valence electrons. The quantitative estimate of drug-likeness (QED) is 0.731. The van der Waals surface area contributed by atoms with Crippen molar-refractivity contribution in [3.8, 4) is 0 Å². The third-order valence-corrected chi connectivity index (χ3v) is 4.71. The van der Waals surface area contributed by atoms with Crippen molar-refractivity contribution in [3.63, 3.8) is 0 Å². The van der Waals surface area contributed by atoms with E-state index in [2.05, 4.69) is 24.4 Å². The van der Waals surface area contributed by atoms with Gasteiger partial charge in [0.15, 0.2) is 0 Å². The molecule has 4 nitrogen and oxygen atoms in total. The predicted octanol–water partition coefficient (Wildman–Crippen LogP) is 1.25. The van der Waals surface area contributed by atoms with Gasteiger partial charge in [-0.2, -0.15) is 0 Å². The van der Waals surface area contributed by atoms with Crippen LogP contribution in [0.2, 0.25) is 0 Å². The molecule has 0 radical (unpaired) electrons. The molecule has 1 rings (SSSR count). The van der Waals surface area contributed by atoms with Gasteiger partial charge in [-0.25, -0.2) is 0 Å². The van der Waals surface area contributed by atoms with Crippen molar-refractivity contribution < 1.29 is 8.85 Å². The normalized spacial score (nSPS) is 12.8. The fourth-order valence-electron chi connectivity index (χ4n) is 2.06. The van der Waals surface area contributed by atoms with Crippen molar-refractivity contribution in [2.75, 3.05) is 26.1 Å². The highest BCUT2D eigenvalue weighted by atomic mass is 28.3. The molecule has 0 aliphatic carbocycles. The Morgan fingerprint density at radius 3 is 2.50 bits per heavy atom. The average Bonchev–Trinajstić information content (AvgIpc) is 2.37. The van der Waals surface area contributed by atoms with Crippen LogP contribution >= 0.6 is 0 Å². The number of hydrogen-bond donors (Lipinski definition) is 2. The first-order chi connectivity index (χ1) is 8.65. The van der Waals surface area contributed by atoms with Crippen molar-refractivity contribution in [2.45, 2.75) is 26.3 Å². The maximum Gasteiger partial charge on any atom is 0.355 e. The fraction of sp³-hybridized carbons (Fsp3) is 0.538. The molecule has 5 heteroatoms. The molecule has 0 aromatic heterocycles. The van der Waals surface area contributed by atoms with E-state index in [-0.39, 0.29) is 6.04 Å². The molecule has 1 unspecified atom stereocenters. The van der Waals surface area contributed by atoms with E-state index in [1.165, 1.54) is 0 Å². The zero-order valence-corrected chi connectivity index (χ0v) is 12.8. The first kappa shape index (κ1) is 15.2. The number of rotatable bonds is 7. The molecule has 0 fully saturated rings. The lowest BCUT2D eigenvalue weighted by Gasteiger charge is -2.21. The van der Waals surface area contributed by atoms with Gasteiger partial charge >= 0.3 is 9.28 Å². The Morgan fingerprint density at radius 2 is 2.00 bits per heavy atom. The van der Waals surface area contributed by atoms with Crippen molar-refractivity contribution in [2.24, 2.45) is 5.73 Å². The Labute approximate surface area is 111 Å². The topological polar surface area (TPSA) is 56.5 Å². The van der Waals surface area contributed by atoms with Crippen LogP contribution in [0.4, 0.5) is 5.69 Å². The highest BCUT2D eigenvalue weighted by Gasteiger charge is 2.21. The molecule has 0 bridgehead atoms. The smallest absolute Gasteiger partial charge is 0.355 e. The molecule has 1 aromatic rings. The summed E-state index contributed by atoms with van der Waals surface area (Å²) in [6.45, 7) is 5.08. The highest BCUT2D eigenvalue weighted by molar-refractivity contribution is 6.62. The van der Waals surface area contributed by atoms with Gasteiger partial charge in [0, 0.05) is 32.5 Å². The second-order valence-electron chi connectivity index (χ2n) is 4.33. The van der Waals surface area contributed by atoms with Gasteiger partial charge in [0.2, 0.25) is 0 Å². The van der Waals surface area contributed by atoms with E-state index in [1.54, 1.807) is 14.2 Å². The summed E-state index contributed by atoms with van der Waals surface area (Å²) >= 11 is 0. The van der Waals surface area contributed by atoms with E-state index in [9.17, 15) is 0 Å². The van der Waals surface area contributed by atoms with Crippen LogP contribution in [-0.4, -0.2) is 30.0 Å². The maximum absolute atomic E-state index is 6.11. The zero-order valence-electron chi connectivity index (χ0n) is 11.7. The molecule has 0 aliphatic heterocycles.